The van der Waals surface area contributed by atoms with Crippen LogP contribution in [-0.2, 0) is 6.42 Å². The first kappa shape index (κ1) is 15.3. The van der Waals surface area contributed by atoms with Gasteiger partial charge in [0.15, 0.2) is 5.13 Å². The van der Waals surface area contributed by atoms with Crippen LogP contribution in [-0.4, -0.2) is 15.9 Å². The van der Waals surface area contributed by atoms with Crippen LogP contribution in [0.1, 0.15) is 26.5 Å². The predicted octanol–water partition coefficient (Wildman–Crippen LogP) is 3.83. The van der Waals surface area contributed by atoms with Crippen molar-refractivity contribution in [3.63, 3.8) is 0 Å². The molecule has 0 saturated carbocycles. The van der Waals surface area contributed by atoms with E-state index in [2.05, 4.69) is 15.3 Å². The molecule has 6 heteroatoms. The average molecular weight is 327 g/mol. The highest BCUT2D eigenvalue weighted by Gasteiger charge is 2.09. The number of thiazole rings is 1. The van der Waals surface area contributed by atoms with Crippen LogP contribution in [0.4, 0.5) is 9.52 Å². The van der Waals surface area contributed by atoms with Gasteiger partial charge in [-0.25, -0.2) is 9.37 Å². The van der Waals surface area contributed by atoms with Gasteiger partial charge in [-0.3, -0.25) is 15.1 Å². The minimum absolute atomic E-state index is 0.236. The number of halogens is 1. The molecule has 116 valence electrons. The van der Waals surface area contributed by atoms with Crippen LogP contribution in [0.25, 0.3) is 0 Å². The summed E-state index contributed by atoms with van der Waals surface area (Å²) in [5.41, 5.74) is 2.35. The summed E-state index contributed by atoms with van der Waals surface area (Å²) in [6.45, 7) is 1.87. The maximum Gasteiger partial charge on any atom is 0.259 e. The van der Waals surface area contributed by atoms with Gasteiger partial charge in [-0.1, -0.05) is 12.1 Å². The van der Waals surface area contributed by atoms with Crippen molar-refractivity contribution in [1.29, 1.82) is 0 Å². The van der Waals surface area contributed by atoms with E-state index in [0.29, 0.717) is 17.1 Å². The van der Waals surface area contributed by atoms with Crippen molar-refractivity contribution >= 4 is 22.4 Å². The van der Waals surface area contributed by atoms with Crippen molar-refractivity contribution in [3.8, 4) is 0 Å². The molecule has 1 N–H and O–H groups in total. The van der Waals surface area contributed by atoms with Crippen LogP contribution >= 0.6 is 11.3 Å². The number of hydrogen-bond donors (Lipinski definition) is 1. The molecule has 23 heavy (non-hydrogen) atoms. The molecule has 4 nitrogen and oxygen atoms in total. The van der Waals surface area contributed by atoms with Crippen molar-refractivity contribution in [1.82, 2.24) is 9.97 Å². The summed E-state index contributed by atoms with van der Waals surface area (Å²) in [6, 6.07) is 9.87. The Bertz CT molecular complexity index is 813. The van der Waals surface area contributed by atoms with Gasteiger partial charge in [-0.05, 0) is 36.8 Å². The number of hydrogen-bond acceptors (Lipinski definition) is 4. The molecule has 2 heterocycles. The van der Waals surface area contributed by atoms with Crippen molar-refractivity contribution in [2.75, 3.05) is 5.32 Å². The van der Waals surface area contributed by atoms with E-state index in [1.54, 1.807) is 30.5 Å². The van der Waals surface area contributed by atoms with Gasteiger partial charge in [0.05, 0.1) is 5.56 Å². The summed E-state index contributed by atoms with van der Waals surface area (Å²) >= 11 is 1.40. The highest BCUT2D eigenvalue weighted by Crippen LogP contribution is 2.22. The van der Waals surface area contributed by atoms with Crippen LogP contribution in [0.2, 0.25) is 0 Å². The number of rotatable bonds is 4. The number of nitrogens with one attached hydrogen (secondary N) is 1. The molecule has 0 unspecified atom stereocenters. The van der Waals surface area contributed by atoms with E-state index in [1.807, 2.05) is 6.92 Å². The lowest BCUT2D eigenvalue weighted by molar-refractivity contribution is 0.102. The van der Waals surface area contributed by atoms with E-state index in [4.69, 9.17) is 0 Å². The van der Waals surface area contributed by atoms with E-state index in [-0.39, 0.29) is 11.7 Å². The molecule has 0 radical (unpaired) electrons. The Morgan fingerprint density at radius 3 is 2.61 bits per heavy atom. The van der Waals surface area contributed by atoms with Crippen molar-refractivity contribution in [3.05, 3.63) is 76.3 Å². The van der Waals surface area contributed by atoms with Gasteiger partial charge in [-0.15, -0.1) is 11.3 Å². The number of amides is 1. The number of aromatic nitrogens is 2. The van der Waals surface area contributed by atoms with Crippen molar-refractivity contribution in [2.24, 2.45) is 0 Å². The molecule has 0 bridgehead atoms. The maximum absolute atomic E-state index is 12.9. The normalized spacial score (nSPS) is 10.5. The fourth-order valence-corrected chi connectivity index (χ4v) is 2.86. The second kappa shape index (κ2) is 6.66. The molecule has 0 aliphatic heterocycles. The Hall–Kier alpha value is -2.60. The Labute approximate surface area is 137 Å². The zero-order chi connectivity index (χ0) is 16.2. The second-order valence-electron chi connectivity index (χ2n) is 5.08. The van der Waals surface area contributed by atoms with Gasteiger partial charge < -0.3 is 0 Å². The second-order valence-corrected chi connectivity index (χ2v) is 6.19. The summed E-state index contributed by atoms with van der Waals surface area (Å²) in [4.78, 5) is 21.4. The number of aryl methyl sites for hydroxylation is 1. The summed E-state index contributed by atoms with van der Waals surface area (Å²) in [5, 5.41) is 3.30. The monoisotopic (exact) mass is 327 g/mol. The molecule has 0 fully saturated rings. The van der Waals surface area contributed by atoms with E-state index in [9.17, 15) is 9.18 Å². The SMILES string of the molecule is Cc1ccc(C(=O)Nc2ncc(Cc3ccc(F)cc3)s2)cn1. The van der Waals surface area contributed by atoms with Gasteiger partial charge in [0.25, 0.3) is 5.91 Å². The van der Waals surface area contributed by atoms with Crippen LogP contribution in [0.5, 0.6) is 0 Å². The zero-order valence-electron chi connectivity index (χ0n) is 12.4. The molecule has 1 amide bonds. The number of carbonyl (C=O) groups excluding carboxylic acids is 1. The number of anilines is 1. The summed E-state index contributed by atoms with van der Waals surface area (Å²) in [6.07, 6.45) is 3.91. The molecular formula is C17H14FN3OS. The van der Waals surface area contributed by atoms with Crippen LogP contribution in [0.3, 0.4) is 0 Å². The smallest absolute Gasteiger partial charge is 0.259 e. The van der Waals surface area contributed by atoms with Crippen LogP contribution < -0.4 is 5.32 Å². The zero-order valence-corrected chi connectivity index (χ0v) is 13.2. The highest BCUT2D eigenvalue weighted by atomic mass is 32.1. The molecule has 3 rings (SSSR count). The molecule has 0 saturated heterocycles. The molecule has 1 aromatic carbocycles. The lowest BCUT2D eigenvalue weighted by atomic mass is 10.1. The molecular weight excluding hydrogens is 313 g/mol. The molecule has 0 aliphatic rings. The Balaban J connectivity index is 1.66. The van der Waals surface area contributed by atoms with Gasteiger partial charge in [0.1, 0.15) is 5.82 Å². The molecule has 0 spiro atoms. The lowest BCUT2D eigenvalue weighted by Gasteiger charge is -2.01. The predicted molar refractivity (Wildman–Crippen MR) is 88.2 cm³/mol. The standard InChI is InChI=1S/C17H14FN3OS/c1-11-2-5-13(9-19-11)16(22)21-17-20-10-15(23-17)8-12-3-6-14(18)7-4-12/h2-7,9-10H,8H2,1H3,(H,20,21,22). The molecule has 3 aromatic rings. The third-order valence-corrected chi connectivity index (χ3v) is 4.15. The summed E-state index contributed by atoms with van der Waals surface area (Å²) < 4.78 is 12.9. The molecule has 2 aromatic heterocycles. The van der Waals surface area contributed by atoms with E-state index in [1.165, 1.54) is 29.7 Å². The van der Waals surface area contributed by atoms with E-state index < -0.39 is 0 Å². The quantitative estimate of drug-likeness (QED) is 0.792. The first-order valence-corrected chi connectivity index (χ1v) is 7.85. The molecule has 0 atom stereocenters. The maximum atomic E-state index is 12.9. The Morgan fingerprint density at radius 1 is 1.13 bits per heavy atom. The van der Waals surface area contributed by atoms with Crippen molar-refractivity contribution in [2.45, 2.75) is 13.3 Å². The Kier molecular flexibility index (Phi) is 4.43. The fourth-order valence-electron chi connectivity index (χ4n) is 2.02. The third-order valence-electron chi connectivity index (χ3n) is 3.24. The number of benzene rings is 1. The minimum Gasteiger partial charge on any atom is -0.298 e. The lowest BCUT2D eigenvalue weighted by Crippen LogP contribution is -2.11. The largest absolute Gasteiger partial charge is 0.298 e. The van der Waals surface area contributed by atoms with E-state index >= 15 is 0 Å². The molecule has 0 aliphatic carbocycles. The first-order chi connectivity index (χ1) is 11.1. The van der Waals surface area contributed by atoms with Crippen LogP contribution in [0, 0.1) is 12.7 Å². The topological polar surface area (TPSA) is 54.9 Å². The van der Waals surface area contributed by atoms with Crippen LogP contribution in [0.15, 0.2) is 48.8 Å². The summed E-state index contributed by atoms with van der Waals surface area (Å²) in [5.74, 6) is -0.488. The summed E-state index contributed by atoms with van der Waals surface area (Å²) in [7, 11) is 0. The number of carbonyl (C=O) groups is 1. The first-order valence-electron chi connectivity index (χ1n) is 7.03. The number of nitrogens with zero attached hydrogens (tertiary/aromatic N) is 2. The van der Waals surface area contributed by atoms with Gasteiger partial charge in [0.2, 0.25) is 0 Å². The fraction of sp³-hybridized carbons (Fsp3) is 0.118. The minimum atomic E-state index is -0.252. The number of pyridine rings is 1. The van der Waals surface area contributed by atoms with Gasteiger partial charge in [0, 0.05) is 29.4 Å². The van der Waals surface area contributed by atoms with E-state index in [0.717, 1.165) is 16.1 Å². The average Bonchev–Trinajstić information content (AvgIpc) is 2.97. The Morgan fingerprint density at radius 2 is 1.91 bits per heavy atom. The van der Waals surface area contributed by atoms with Gasteiger partial charge in [-0.2, -0.15) is 0 Å². The highest BCUT2D eigenvalue weighted by molar-refractivity contribution is 7.15. The van der Waals surface area contributed by atoms with Gasteiger partial charge >= 0.3 is 0 Å². The van der Waals surface area contributed by atoms with Crippen molar-refractivity contribution < 1.29 is 9.18 Å². The third kappa shape index (κ3) is 3.98.